The molecule has 0 spiro atoms. The van der Waals surface area contributed by atoms with Gasteiger partial charge in [0.2, 0.25) is 0 Å². The minimum atomic E-state index is -0.178. The van der Waals surface area contributed by atoms with Crippen LogP contribution in [0.5, 0.6) is 0 Å². The lowest BCUT2D eigenvalue weighted by Gasteiger charge is -2.08. The number of aliphatic hydroxyl groups excluding tert-OH is 1. The molecule has 0 saturated heterocycles. The topological polar surface area (TPSA) is 46.0 Å². The average molecular weight is 170 g/mol. The van der Waals surface area contributed by atoms with E-state index in [-0.39, 0.29) is 12.0 Å². The summed E-state index contributed by atoms with van der Waals surface area (Å²) in [6, 6.07) is 0. The molecule has 11 heavy (non-hydrogen) atoms. The molecule has 0 amide bonds. The highest BCUT2D eigenvalue weighted by atomic mass is 32.1. The van der Waals surface area contributed by atoms with Gasteiger partial charge in [0.25, 0.3) is 0 Å². The third kappa shape index (κ3) is 1.28. The third-order valence-electron chi connectivity index (χ3n) is 2.17. The summed E-state index contributed by atoms with van der Waals surface area (Å²) in [5, 5.41) is 18.2. The first-order valence-corrected chi connectivity index (χ1v) is 4.70. The molecule has 2 atom stereocenters. The van der Waals surface area contributed by atoms with Crippen LogP contribution in [0.25, 0.3) is 0 Å². The fraction of sp³-hybridized carbons (Fsp3) is 0.714. The molecular weight excluding hydrogens is 160 g/mol. The molecule has 60 valence electrons. The molecule has 1 aromatic heterocycles. The maximum absolute atomic E-state index is 9.50. The minimum Gasteiger partial charge on any atom is -0.392 e. The smallest absolute Gasteiger partial charge is 0.122 e. The van der Waals surface area contributed by atoms with Crippen LogP contribution in [-0.2, 0) is 0 Å². The van der Waals surface area contributed by atoms with Crippen molar-refractivity contribution >= 4 is 11.3 Å². The van der Waals surface area contributed by atoms with Crippen molar-refractivity contribution in [3.05, 3.63) is 10.5 Å². The summed E-state index contributed by atoms with van der Waals surface area (Å²) in [5.74, 6) is 0.266. The van der Waals surface area contributed by atoms with E-state index in [2.05, 4.69) is 10.2 Å². The Hall–Kier alpha value is -0.480. The van der Waals surface area contributed by atoms with Crippen molar-refractivity contribution in [1.82, 2.24) is 10.2 Å². The Morgan fingerprint density at radius 2 is 2.45 bits per heavy atom. The van der Waals surface area contributed by atoms with Gasteiger partial charge < -0.3 is 5.11 Å². The van der Waals surface area contributed by atoms with E-state index in [4.69, 9.17) is 0 Å². The van der Waals surface area contributed by atoms with Gasteiger partial charge in [-0.25, -0.2) is 0 Å². The first-order valence-electron chi connectivity index (χ1n) is 3.82. The van der Waals surface area contributed by atoms with Crippen LogP contribution < -0.4 is 0 Å². The summed E-state index contributed by atoms with van der Waals surface area (Å²) < 4.78 is 0. The molecule has 1 aliphatic rings. The highest BCUT2D eigenvalue weighted by molar-refractivity contribution is 7.09. The van der Waals surface area contributed by atoms with Crippen LogP contribution in [0, 0.1) is 0 Å². The molecule has 1 saturated carbocycles. The van der Waals surface area contributed by atoms with Gasteiger partial charge in [-0.1, -0.05) is 6.42 Å². The standard InChI is InChI=1S/C7H10N2OS/c10-6-3-1-2-5(6)7-9-8-4-11-7/h4-6,10H,1-3H2. The summed E-state index contributed by atoms with van der Waals surface area (Å²) in [6.45, 7) is 0. The van der Waals surface area contributed by atoms with E-state index in [9.17, 15) is 5.11 Å². The lowest BCUT2D eigenvalue weighted by molar-refractivity contribution is 0.163. The predicted molar refractivity (Wildman–Crippen MR) is 42.5 cm³/mol. The zero-order valence-electron chi connectivity index (χ0n) is 6.10. The Balaban J connectivity index is 2.16. The Morgan fingerprint density at radius 3 is 3.00 bits per heavy atom. The van der Waals surface area contributed by atoms with Gasteiger partial charge in [0, 0.05) is 5.92 Å². The van der Waals surface area contributed by atoms with Crippen molar-refractivity contribution in [3.8, 4) is 0 Å². The number of aliphatic hydroxyl groups is 1. The average Bonchev–Trinajstić information content (AvgIpc) is 2.55. The lowest BCUT2D eigenvalue weighted by Crippen LogP contribution is -2.10. The summed E-state index contributed by atoms with van der Waals surface area (Å²) in [6.07, 6.45) is 2.93. The van der Waals surface area contributed by atoms with Crippen molar-refractivity contribution in [2.24, 2.45) is 0 Å². The first kappa shape index (κ1) is 7.18. The monoisotopic (exact) mass is 170 g/mol. The predicted octanol–water partition coefficient (Wildman–Crippen LogP) is 1.17. The fourth-order valence-electron chi connectivity index (χ4n) is 1.57. The zero-order chi connectivity index (χ0) is 7.68. The Kier molecular flexibility index (Phi) is 1.87. The Morgan fingerprint density at radius 1 is 1.55 bits per heavy atom. The minimum absolute atomic E-state index is 0.178. The summed E-state index contributed by atoms with van der Waals surface area (Å²) >= 11 is 1.54. The molecular formula is C7H10N2OS. The Bertz CT molecular complexity index is 224. The fourth-order valence-corrected chi connectivity index (χ4v) is 2.32. The Labute approximate surface area is 69.1 Å². The maximum Gasteiger partial charge on any atom is 0.122 e. The first-order chi connectivity index (χ1) is 5.38. The van der Waals surface area contributed by atoms with Crippen LogP contribution in [0.4, 0.5) is 0 Å². The highest BCUT2D eigenvalue weighted by Crippen LogP contribution is 2.34. The second-order valence-corrected chi connectivity index (χ2v) is 3.75. The summed E-state index contributed by atoms with van der Waals surface area (Å²) in [4.78, 5) is 0. The van der Waals surface area contributed by atoms with E-state index in [0.717, 1.165) is 24.3 Å². The van der Waals surface area contributed by atoms with Crippen molar-refractivity contribution in [2.45, 2.75) is 31.3 Å². The molecule has 0 aromatic carbocycles. The molecule has 1 aromatic rings. The number of aromatic nitrogens is 2. The van der Waals surface area contributed by atoms with E-state index in [1.807, 2.05) is 0 Å². The number of hydrogen-bond acceptors (Lipinski definition) is 4. The molecule has 1 fully saturated rings. The van der Waals surface area contributed by atoms with Crippen LogP contribution in [0.2, 0.25) is 0 Å². The normalized spacial score (nSPS) is 31.0. The SMILES string of the molecule is OC1CCCC1c1nncs1. The van der Waals surface area contributed by atoms with Gasteiger partial charge in [-0.2, -0.15) is 0 Å². The van der Waals surface area contributed by atoms with Crippen LogP contribution >= 0.6 is 11.3 Å². The van der Waals surface area contributed by atoms with Crippen molar-refractivity contribution < 1.29 is 5.11 Å². The van der Waals surface area contributed by atoms with E-state index < -0.39 is 0 Å². The van der Waals surface area contributed by atoms with Gasteiger partial charge in [0.05, 0.1) is 6.10 Å². The van der Waals surface area contributed by atoms with Gasteiger partial charge >= 0.3 is 0 Å². The molecule has 1 N–H and O–H groups in total. The van der Waals surface area contributed by atoms with Crippen LogP contribution in [-0.4, -0.2) is 21.4 Å². The van der Waals surface area contributed by atoms with E-state index in [1.165, 1.54) is 0 Å². The number of rotatable bonds is 1. The molecule has 3 nitrogen and oxygen atoms in total. The molecule has 0 aliphatic heterocycles. The van der Waals surface area contributed by atoms with Gasteiger partial charge in [0.15, 0.2) is 0 Å². The molecule has 2 unspecified atom stereocenters. The number of hydrogen-bond donors (Lipinski definition) is 1. The second-order valence-electron chi connectivity index (χ2n) is 2.88. The summed E-state index contributed by atoms with van der Waals surface area (Å²) in [7, 11) is 0. The van der Waals surface area contributed by atoms with E-state index in [0.29, 0.717) is 0 Å². The van der Waals surface area contributed by atoms with Crippen molar-refractivity contribution in [1.29, 1.82) is 0 Å². The van der Waals surface area contributed by atoms with Crippen molar-refractivity contribution in [3.63, 3.8) is 0 Å². The van der Waals surface area contributed by atoms with Crippen LogP contribution in [0.15, 0.2) is 5.51 Å². The van der Waals surface area contributed by atoms with E-state index in [1.54, 1.807) is 16.8 Å². The lowest BCUT2D eigenvalue weighted by atomic mass is 10.1. The van der Waals surface area contributed by atoms with E-state index >= 15 is 0 Å². The molecule has 4 heteroatoms. The van der Waals surface area contributed by atoms with Gasteiger partial charge in [-0.15, -0.1) is 21.5 Å². The van der Waals surface area contributed by atoms with Crippen LogP contribution in [0.3, 0.4) is 0 Å². The molecule has 1 aliphatic carbocycles. The third-order valence-corrected chi connectivity index (χ3v) is 3.00. The van der Waals surface area contributed by atoms with Gasteiger partial charge in [-0.05, 0) is 12.8 Å². The highest BCUT2D eigenvalue weighted by Gasteiger charge is 2.28. The summed E-state index contributed by atoms with van der Waals surface area (Å²) in [5.41, 5.74) is 1.72. The quantitative estimate of drug-likeness (QED) is 0.688. The zero-order valence-corrected chi connectivity index (χ0v) is 6.92. The molecule has 1 heterocycles. The molecule has 0 radical (unpaired) electrons. The molecule has 0 bridgehead atoms. The second kappa shape index (κ2) is 2.87. The van der Waals surface area contributed by atoms with Crippen molar-refractivity contribution in [2.75, 3.05) is 0 Å². The molecule has 2 rings (SSSR count). The van der Waals surface area contributed by atoms with Gasteiger partial charge in [0.1, 0.15) is 10.5 Å². The maximum atomic E-state index is 9.50. The number of nitrogens with zero attached hydrogens (tertiary/aromatic N) is 2. The van der Waals surface area contributed by atoms with Gasteiger partial charge in [-0.3, -0.25) is 0 Å². The van der Waals surface area contributed by atoms with Crippen LogP contribution in [0.1, 0.15) is 30.2 Å². The largest absolute Gasteiger partial charge is 0.392 e.